The van der Waals surface area contributed by atoms with Crippen LogP contribution in [0.5, 0.6) is 0 Å². The van der Waals surface area contributed by atoms with Crippen molar-refractivity contribution in [1.82, 2.24) is 5.32 Å². The zero-order chi connectivity index (χ0) is 49.1. The minimum absolute atomic E-state index is 0.152. The van der Waals surface area contributed by atoms with Crippen LogP contribution in [-0.2, 0) is 52.0 Å². The second kappa shape index (κ2) is 18.2. The van der Waals surface area contributed by atoms with Gasteiger partial charge in [0.25, 0.3) is 0 Å². The van der Waals surface area contributed by atoms with Crippen molar-refractivity contribution in [2.75, 3.05) is 6.61 Å². The van der Waals surface area contributed by atoms with Gasteiger partial charge in [-0.25, -0.2) is 14.4 Å². The van der Waals surface area contributed by atoms with Gasteiger partial charge in [0.2, 0.25) is 0 Å². The summed E-state index contributed by atoms with van der Waals surface area (Å²) in [6.45, 7) is 18.5. The molecule has 15 nitrogen and oxygen atoms in total. The van der Waals surface area contributed by atoms with Gasteiger partial charge in [-0.05, 0) is 93.4 Å². The molecular formula is C51H67NO14Si. The molecule has 0 unspecified atom stereocenters. The maximum Gasteiger partial charge on any atom is 0.408 e. The smallest absolute Gasteiger partial charge is 0.408 e. The number of rotatable bonds is 14. The highest BCUT2D eigenvalue weighted by Crippen LogP contribution is 2.74. The summed E-state index contributed by atoms with van der Waals surface area (Å²) in [7, 11) is -2.72. The Morgan fingerprint density at radius 3 is 2.03 bits per heavy atom. The molecule has 0 aromatic heterocycles. The molecule has 4 aliphatic carbocycles. The Labute approximate surface area is 394 Å². The molecule has 1 aliphatic heterocycles. The fraction of sp³-hybridized carbons (Fsp3) is 0.608. The molecular weight excluding hydrogens is 879 g/mol. The summed E-state index contributed by atoms with van der Waals surface area (Å²) in [5.41, 5.74) is -6.33. The van der Waals surface area contributed by atoms with E-state index in [4.69, 9.17) is 32.8 Å². The van der Waals surface area contributed by atoms with Gasteiger partial charge in [-0.1, -0.05) is 83.1 Å². The molecule has 2 aromatic carbocycles. The van der Waals surface area contributed by atoms with E-state index < -0.39 is 114 Å². The van der Waals surface area contributed by atoms with Gasteiger partial charge in [-0.2, -0.15) is 0 Å². The largest absolute Gasteiger partial charge is 0.456 e. The zero-order valence-electron chi connectivity index (χ0n) is 40.6. The van der Waals surface area contributed by atoms with Crippen LogP contribution in [-0.4, -0.2) is 103 Å². The van der Waals surface area contributed by atoms with Crippen LogP contribution in [0.4, 0.5) is 4.79 Å². The number of carbonyl (C=O) groups is 6. The number of ketones is 1. The molecule has 2 bridgehead atoms. The van der Waals surface area contributed by atoms with Gasteiger partial charge in [-0.15, -0.1) is 0 Å². The fourth-order valence-corrected chi connectivity index (χ4v) is 14.6. The van der Waals surface area contributed by atoms with Crippen LogP contribution in [0.1, 0.15) is 117 Å². The number of fused-ring (bicyclic) bond motifs is 4. The van der Waals surface area contributed by atoms with Gasteiger partial charge >= 0.3 is 30.0 Å². The van der Waals surface area contributed by atoms with Gasteiger partial charge < -0.3 is 43.3 Å². The van der Waals surface area contributed by atoms with E-state index in [0.29, 0.717) is 35.7 Å². The number of aliphatic hydroxyl groups is 1. The van der Waals surface area contributed by atoms with E-state index in [-0.39, 0.29) is 36.5 Å². The van der Waals surface area contributed by atoms with Gasteiger partial charge in [-0.3, -0.25) is 14.4 Å². The van der Waals surface area contributed by atoms with Crippen molar-refractivity contribution in [2.45, 2.75) is 167 Å². The first-order valence-corrected chi connectivity index (χ1v) is 26.1. The Morgan fingerprint density at radius 1 is 0.881 bits per heavy atom. The van der Waals surface area contributed by atoms with Gasteiger partial charge in [0.15, 0.2) is 31.9 Å². The number of esters is 4. The number of Topliss-reactive ketones (excluding diaryl/α,β-unsaturated/α-hetero) is 1. The summed E-state index contributed by atoms with van der Waals surface area (Å²) in [5, 5.41) is 16.9. The molecule has 4 fully saturated rings. The average Bonchev–Trinajstić information content (AvgIpc) is 4.00. The lowest BCUT2D eigenvalue weighted by Gasteiger charge is -2.64. The maximum absolute atomic E-state index is 15.7. The third-order valence-electron chi connectivity index (χ3n) is 15.5. The van der Waals surface area contributed by atoms with Crippen molar-refractivity contribution < 1.29 is 66.7 Å². The van der Waals surface area contributed by atoms with Crippen molar-refractivity contribution in [1.29, 1.82) is 0 Å². The van der Waals surface area contributed by atoms with Crippen molar-refractivity contribution in [3.05, 3.63) is 82.9 Å². The van der Waals surface area contributed by atoms with Crippen molar-refractivity contribution in [3.8, 4) is 0 Å². The molecule has 364 valence electrons. The van der Waals surface area contributed by atoms with Crippen LogP contribution in [0.15, 0.2) is 71.8 Å². The Morgan fingerprint density at radius 2 is 1.49 bits per heavy atom. The van der Waals surface area contributed by atoms with Crippen molar-refractivity contribution >= 4 is 44.1 Å². The summed E-state index contributed by atoms with van der Waals surface area (Å²) in [5.74, 6) is -5.16. The van der Waals surface area contributed by atoms with E-state index in [1.165, 1.54) is 13.8 Å². The zero-order valence-corrected chi connectivity index (χ0v) is 41.6. The highest BCUT2D eigenvalue weighted by molar-refractivity contribution is 6.73. The van der Waals surface area contributed by atoms with E-state index in [9.17, 15) is 24.3 Å². The molecule has 1 saturated heterocycles. The lowest BCUT2D eigenvalue weighted by molar-refractivity contribution is -0.323. The van der Waals surface area contributed by atoms with Gasteiger partial charge in [0, 0.05) is 31.1 Å². The van der Waals surface area contributed by atoms with E-state index in [1.807, 2.05) is 20.8 Å². The predicted molar refractivity (Wildman–Crippen MR) is 246 cm³/mol. The summed E-state index contributed by atoms with van der Waals surface area (Å²) in [6.07, 6.45) is -7.24. The summed E-state index contributed by atoms with van der Waals surface area (Å²) >= 11 is 0. The first kappa shape index (κ1) is 50.0. The highest BCUT2D eigenvalue weighted by Gasteiger charge is 2.84. The molecule has 7 rings (SSSR count). The molecule has 2 aromatic rings. The number of amides is 1. The number of benzene rings is 2. The van der Waals surface area contributed by atoms with Crippen LogP contribution >= 0.6 is 0 Å². The number of hydrogen-bond donors (Lipinski definition) is 2. The minimum atomic E-state index is -2.72. The predicted octanol–water partition coefficient (Wildman–Crippen LogP) is 7.50. The Hall–Kier alpha value is -4.90. The SMILES string of the molecule is CC[Si](CC)(CC)O[C@@H](C(=O)O[C@H]1C[C@@]2(O)[C@@H](OC(=O)c3ccccc3)[C@@H]3[C@]4(OC(C)=O)CO[C@@H]4C[C@@H]4C[C@@]43C(=O)[C@H](OC(C)=O)C(=C1C)C2(C)C)[C@@H](NC(=O)OC(C)(C)C)c1ccccc1. The molecule has 1 amide bonds. The van der Waals surface area contributed by atoms with Crippen LogP contribution < -0.4 is 5.32 Å². The van der Waals surface area contributed by atoms with Crippen molar-refractivity contribution in [2.24, 2.45) is 22.7 Å². The quantitative estimate of drug-likeness (QED) is 0.0817. The molecule has 3 saturated carbocycles. The third-order valence-corrected chi connectivity index (χ3v) is 20.1. The van der Waals surface area contributed by atoms with Crippen LogP contribution in [0.2, 0.25) is 18.1 Å². The first-order valence-electron chi connectivity index (χ1n) is 23.6. The van der Waals surface area contributed by atoms with Crippen LogP contribution in [0.25, 0.3) is 0 Å². The minimum Gasteiger partial charge on any atom is -0.456 e. The summed E-state index contributed by atoms with van der Waals surface area (Å²) in [6, 6.07) is 17.9. The van der Waals surface area contributed by atoms with Crippen LogP contribution in [0.3, 0.4) is 0 Å². The molecule has 1 spiro atoms. The maximum atomic E-state index is 15.7. The van der Waals surface area contributed by atoms with E-state index in [0.717, 1.165) is 0 Å². The molecule has 5 aliphatic rings. The highest BCUT2D eigenvalue weighted by atomic mass is 28.4. The van der Waals surface area contributed by atoms with Gasteiger partial charge in [0.1, 0.15) is 29.5 Å². The average molecular weight is 946 g/mol. The molecule has 2 N–H and O–H groups in total. The number of nitrogens with one attached hydrogen (secondary N) is 1. The summed E-state index contributed by atoms with van der Waals surface area (Å²) < 4.78 is 44.3. The number of carbonyl (C=O) groups excluding carboxylic acids is 6. The van der Waals surface area contributed by atoms with E-state index in [2.05, 4.69) is 5.32 Å². The number of alkyl carbamates (subject to hydrolysis) is 1. The van der Waals surface area contributed by atoms with Gasteiger partial charge in [0.05, 0.1) is 24.1 Å². The Bertz CT molecular complexity index is 2280. The monoisotopic (exact) mass is 945 g/mol. The standard InChI is InChI=1S/C51H67NO14Si/c1-12-67(13-2,14-3)66-40(38(32-21-17-15-18-22-32)52-46(58)65-47(7,8)9)45(57)62-35-27-51(59)43(63-44(56)33-23-19-16-20-24-33)41-49(26-34(49)25-36-50(41,28-60-36)64-31(6)54)42(55)39(61-30(5)53)37(29(35)4)48(51,10)11/h15-24,34-36,38-41,43,59H,12-14,25-28H2,1-11H3,(H,52,58)/t34-,35+,36-,38+,39-,40-,41+,43+,49-,50+,51-/m1/s1. The molecule has 11 atom stereocenters. The van der Waals surface area contributed by atoms with E-state index >= 15 is 9.59 Å². The molecule has 1 heterocycles. The van der Waals surface area contributed by atoms with Crippen molar-refractivity contribution in [3.63, 3.8) is 0 Å². The fourth-order valence-electron chi connectivity index (χ4n) is 11.8. The third kappa shape index (κ3) is 8.76. The van der Waals surface area contributed by atoms with E-state index in [1.54, 1.807) is 102 Å². The molecule has 67 heavy (non-hydrogen) atoms. The number of hydrogen-bond acceptors (Lipinski definition) is 14. The molecule has 0 radical (unpaired) electrons. The second-order valence-corrected chi connectivity index (χ2v) is 25.4. The second-order valence-electron chi connectivity index (χ2n) is 20.6. The molecule has 16 heteroatoms. The Kier molecular flexibility index (Phi) is 13.6. The van der Waals surface area contributed by atoms with Crippen LogP contribution in [0, 0.1) is 22.7 Å². The number of ether oxygens (including phenoxy) is 6. The lowest BCUT2D eigenvalue weighted by Crippen LogP contribution is -2.78. The normalized spacial score (nSPS) is 31.4. The summed E-state index contributed by atoms with van der Waals surface area (Å²) in [4.78, 5) is 85.6. The Balaban J connectivity index is 1.42. The topological polar surface area (TPSA) is 199 Å². The lowest BCUT2D eigenvalue weighted by atomic mass is 9.48. The first-order chi connectivity index (χ1) is 31.4.